The van der Waals surface area contributed by atoms with E-state index in [0.29, 0.717) is 18.1 Å². The Morgan fingerprint density at radius 3 is 2.40 bits per heavy atom. The molecular formula is C10H12ClN3O. The van der Waals surface area contributed by atoms with Crippen molar-refractivity contribution in [1.29, 1.82) is 0 Å². The fraction of sp³-hybridized carbons (Fsp3) is 0.300. The Labute approximate surface area is 92.8 Å². The molecule has 1 saturated heterocycles. The molecule has 1 aliphatic heterocycles. The van der Waals surface area contributed by atoms with Gasteiger partial charge in [-0.05, 0) is 24.3 Å². The van der Waals surface area contributed by atoms with Crippen LogP contribution in [0.4, 0.5) is 5.69 Å². The lowest BCUT2D eigenvalue weighted by Crippen LogP contribution is -2.70. The zero-order valence-corrected chi connectivity index (χ0v) is 8.84. The van der Waals surface area contributed by atoms with Crippen molar-refractivity contribution in [2.75, 3.05) is 18.4 Å². The van der Waals surface area contributed by atoms with Crippen LogP contribution in [0.15, 0.2) is 24.3 Å². The molecule has 80 valence electrons. The van der Waals surface area contributed by atoms with Gasteiger partial charge in [-0.3, -0.25) is 4.79 Å². The summed E-state index contributed by atoms with van der Waals surface area (Å²) < 4.78 is 0. The summed E-state index contributed by atoms with van der Waals surface area (Å²) >= 11 is 5.76. The largest absolute Gasteiger partial charge is 0.369 e. The zero-order valence-electron chi connectivity index (χ0n) is 8.09. The first kappa shape index (κ1) is 10.3. The van der Waals surface area contributed by atoms with Crippen LogP contribution in [0.25, 0.3) is 0 Å². The third-order valence-electron chi connectivity index (χ3n) is 2.55. The van der Waals surface area contributed by atoms with E-state index >= 15 is 0 Å². The number of carbonyl (C=O) groups is 1. The SMILES string of the molecule is NC(=O)C1(Nc2ccc(Cl)cc2)CNC1. The Morgan fingerprint density at radius 2 is 2.00 bits per heavy atom. The second kappa shape index (κ2) is 3.72. The summed E-state index contributed by atoms with van der Waals surface area (Å²) in [5.74, 6) is -0.337. The Morgan fingerprint density at radius 1 is 1.40 bits per heavy atom. The molecule has 0 bridgehead atoms. The number of halogens is 1. The predicted octanol–water partition coefficient (Wildman–Crippen LogP) is 0.579. The van der Waals surface area contributed by atoms with Crippen LogP contribution in [0.5, 0.6) is 0 Å². The quantitative estimate of drug-likeness (QED) is 0.705. The standard InChI is InChI=1S/C10H12ClN3O/c11-7-1-3-8(4-2-7)14-10(9(12)15)5-13-6-10/h1-4,13-14H,5-6H2,(H2,12,15). The number of benzene rings is 1. The van der Waals surface area contributed by atoms with Crippen molar-refractivity contribution in [3.63, 3.8) is 0 Å². The maximum atomic E-state index is 11.3. The van der Waals surface area contributed by atoms with Crippen molar-refractivity contribution in [3.05, 3.63) is 29.3 Å². The van der Waals surface area contributed by atoms with Gasteiger partial charge in [0.1, 0.15) is 5.54 Å². The number of hydrogen-bond donors (Lipinski definition) is 3. The second-order valence-corrected chi connectivity index (χ2v) is 4.12. The molecule has 4 nitrogen and oxygen atoms in total. The summed E-state index contributed by atoms with van der Waals surface area (Å²) in [6.45, 7) is 1.12. The van der Waals surface area contributed by atoms with Crippen LogP contribution in [0.2, 0.25) is 5.02 Å². The number of nitrogens with two attached hydrogens (primary N) is 1. The van der Waals surface area contributed by atoms with E-state index in [1.807, 2.05) is 12.1 Å². The molecule has 4 N–H and O–H groups in total. The maximum Gasteiger partial charge on any atom is 0.245 e. The van der Waals surface area contributed by atoms with E-state index in [-0.39, 0.29) is 5.91 Å². The zero-order chi connectivity index (χ0) is 10.9. The van der Waals surface area contributed by atoms with Crippen LogP contribution in [0, 0.1) is 0 Å². The molecule has 0 saturated carbocycles. The lowest BCUT2D eigenvalue weighted by molar-refractivity contribution is -0.123. The number of anilines is 1. The van der Waals surface area contributed by atoms with Crippen molar-refractivity contribution in [3.8, 4) is 0 Å². The fourth-order valence-corrected chi connectivity index (χ4v) is 1.63. The van der Waals surface area contributed by atoms with E-state index in [4.69, 9.17) is 17.3 Å². The number of nitrogens with one attached hydrogen (secondary N) is 2. The molecule has 0 aliphatic carbocycles. The molecule has 1 aromatic rings. The van der Waals surface area contributed by atoms with Gasteiger partial charge in [-0.2, -0.15) is 0 Å². The lowest BCUT2D eigenvalue weighted by atomic mass is 9.91. The maximum absolute atomic E-state index is 11.3. The topological polar surface area (TPSA) is 67.2 Å². The minimum atomic E-state index is -0.645. The van der Waals surface area contributed by atoms with E-state index in [0.717, 1.165) is 5.69 Å². The lowest BCUT2D eigenvalue weighted by Gasteiger charge is -2.41. The third kappa shape index (κ3) is 1.91. The van der Waals surface area contributed by atoms with Crippen LogP contribution in [0.3, 0.4) is 0 Å². The predicted molar refractivity (Wildman–Crippen MR) is 59.9 cm³/mol. The fourth-order valence-electron chi connectivity index (χ4n) is 1.51. The van der Waals surface area contributed by atoms with Gasteiger partial charge in [0.2, 0.25) is 5.91 Å². The van der Waals surface area contributed by atoms with Gasteiger partial charge in [0.05, 0.1) is 0 Å². The Bertz CT molecular complexity index is 373. The summed E-state index contributed by atoms with van der Waals surface area (Å²) in [6.07, 6.45) is 0. The molecule has 1 amide bonds. The van der Waals surface area contributed by atoms with Gasteiger partial charge in [-0.25, -0.2) is 0 Å². The van der Waals surface area contributed by atoms with Crippen LogP contribution < -0.4 is 16.4 Å². The highest BCUT2D eigenvalue weighted by Crippen LogP contribution is 2.20. The van der Waals surface area contributed by atoms with E-state index < -0.39 is 5.54 Å². The molecular weight excluding hydrogens is 214 g/mol. The number of primary amides is 1. The summed E-state index contributed by atoms with van der Waals surface area (Å²) in [7, 11) is 0. The average Bonchev–Trinajstić information content (AvgIpc) is 2.13. The van der Waals surface area contributed by atoms with Crippen LogP contribution in [-0.4, -0.2) is 24.5 Å². The third-order valence-corrected chi connectivity index (χ3v) is 2.81. The minimum absolute atomic E-state index is 0.337. The smallest absolute Gasteiger partial charge is 0.245 e. The van der Waals surface area contributed by atoms with Crippen molar-refractivity contribution < 1.29 is 4.79 Å². The van der Waals surface area contributed by atoms with Gasteiger partial charge in [-0.15, -0.1) is 0 Å². The summed E-state index contributed by atoms with van der Waals surface area (Å²) in [6, 6.07) is 7.19. The summed E-state index contributed by atoms with van der Waals surface area (Å²) in [5.41, 5.74) is 5.54. The van der Waals surface area contributed by atoms with Crippen molar-refractivity contribution >= 4 is 23.2 Å². The van der Waals surface area contributed by atoms with Gasteiger partial charge in [-0.1, -0.05) is 11.6 Å². The number of rotatable bonds is 3. The first-order valence-electron chi connectivity index (χ1n) is 4.67. The Kier molecular flexibility index (Phi) is 2.54. The highest BCUT2D eigenvalue weighted by Gasteiger charge is 2.42. The van der Waals surface area contributed by atoms with Crippen LogP contribution >= 0.6 is 11.6 Å². The molecule has 1 fully saturated rings. The summed E-state index contributed by atoms with van der Waals surface area (Å²) in [5, 5.41) is 6.82. The molecule has 0 radical (unpaired) electrons. The van der Waals surface area contributed by atoms with E-state index in [2.05, 4.69) is 10.6 Å². The normalized spacial score (nSPS) is 17.9. The molecule has 5 heteroatoms. The number of hydrogen-bond acceptors (Lipinski definition) is 3. The first-order chi connectivity index (χ1) is 7.12. The minimum Gasteiger partial charge on any atom is -0.369 e. The van der Waals surface area contributed by atoms with Crippen molar-refractivity contribution in [2.24, 2.45) is 5.73 Å². The van der Waals surface area contributed by atoms with Gasteiger partial charge in [0, 0.05) is 23.8 Å². The molecule has 15 heavy (non-hydrogen) atoms. The van der Waals surface area contributed by atoms with Crippen LogP contribution in [-0.2, 0) is 4.79 Å². The average molecular weight is 226 g/mol. The monoisotopic (exact) mass is 225 g/mol. The highest BCUT2D eigenvalue weighted by molar-refractivity contribution is 6.30. The van der Waals surface area contributed by atoms with Crippen LogP contribution in [0.1, 0.15) is 0 Å². The summed E-state index contributed by atoms with van der Waals surface area (Å²) in [4.78, 5) is 11.3. The first-order valence-corrected chi connectivity index (χ1v) is 5.05. The van der Waals surface area contributed by atoms with E-state index in [1.165, 1.54) is 0 Å². The Balaban J connectivity index is 2.13. The van der Waals surface area contributed by atoms with Gasteiger partial charge < -0.3 is 16.4 Å². The second-order valence-electron chi connectivity index (χ2n) is 3.68. The Hall–Kier alpha value is -1.26. The molecule has 0 spiro atoms. The van der Waals surface area contributed by atoms with E-state index in [9.17, 15) is 4.79 Å². The molecule has 0 unspecified atom stereocenters. The molecule has 2 rings (SSSR count). The molecule has 0 atom stereocenters. The van der Waals surface area contributed by atoms with Gasteiger partial charge in [0.25, 0.3) is 0 Å². The van der Waals surface area contributed by atoms with Crippen molar-refractivity contribution in [2.45, 2.75) is 5.54 Å². The number of amides is 1. The molecule has 1 aliphatic rings. The molecule has 0 aromatic heterocycles. The molecule has 1 aromatic carbocycles. The van der Waals surface area contributed by atoms with Gasteiger partial charge >= 0.3 is 0 Å². The van der Waals surface area contributed by atoms with Gasteiger partial charge in [0.15, 0.2) is 0 Å². The molecule has 1 heterocycles. The van der Waals surface area contributed by atoms with Crippen molar-refractivity contribution in [1.82, 2.24) is 5.32 Å². The highest BCUT2D eigenvalue weighted by atomic mass is 35.5. The number of carbonyl (C=O) groups excluding carboxylic acids is 1. The van der Waals surface area contributed by atoms with E-state index in [1.54, 1.807) is 12.1 Å².